The van der Waals surface area contributed by atoms with Crippen LogP contribution < -0.4 is 4.74 Å². The summed E-state index contributed by atoms with van der Waals surface area (Å²) in [5, 5.41) is 0. The number of hydrogen-bond acceptors (Lipinski definition) is 3. The molecule has 1 amide bonds. The van der Waals surface area contributed by atoms with E-state index in [1.807, 2.05) is 57.0 Å². The Hall–Kier alpha value is -1.55. The van der Waals surface area contributed by atoms with Gasteiger partial charge in [-0.15, -0.1) is 0 Å². The van der Waals surface area contributed by atoms with E-state index in [9.17, 15) is 4.79 Å². The van der Waals surface area contributed by atoms with Crippen LogP contribution in [0.2, 0.25) is 0 Å². The molecule has 4 heteroatoms. The third kappa shape index (κ3) is 5.54. The molecule has 1 heterocycles. The van der Waals surface area contributed by atoms with Gasteiger partial charge in [0.2, 0.25) is 5.91 Å². The Labute approximate surface area is 140 Å². The molecule has 1 aromatic carbocycles. The molecule has 0 N–H and O–H groups in total. The molecule has 0 spiro atoms. The van der Waals surface area contributed by atoms with Crippen molar-refractivity contribution >= 4 is 5.91 Å². The fourth-order valence-electron chi connectivity index (χ4n) is 2.91. The summed E-state index contributed by atoms with van der Waals surface area (Å²) in [7, 11) is 4.08. The van der Waals surface area contributed by atoms with Crippen LogP contribution in [0, 0.1) is 0 Å². The number of carbonyl (C=O) groups is 1. The molecule has 1 aliphatic rings. The maximum absolute atomic E-state index is 12.5. The van der Waals surface area contributed by atoms with Crippen LogP contribution in [0.15, 0.2) is 24.3 Å². The van der Waals surface area contributed by atoms with E-state index in [1.54, 1.807) is 0 Å². The fraction of sp³-hybridized carbons (Fsp3) is 0.632. The van der Waals surface area contributed by atoms with Crippen LogP contribution >= 0.6 is 0 Å². The van der Waals surface area contributed by atoms with Gasteiger partial charge in [0.25, 0.3) is 0 Å². The minimum Gasteiger partial charge on any atom is -0.488 e. The number of carbonyl (C=O) groups excluding carboxylic acids is 1. The normalized spacial score (nSPS) is 17.1. The number of amides is 1. The van der Waals surface area contributed by atoms with Crippen LogP contribution in [0.1, 0.15) is 39.2 Å². The Kier molecular flexibility index (Phi) is 5.69. The average molecular weight is 318 g/mol. The van der Waals surface area contributed by atoms with Gasteiger partial charge in [0, 0.05) is 13.1 Å². The van der Waals surface area contributed by atoms with Gasteiger partial charge in [0.15, 0.2) is 0 Å². The van der Waals surface area contributed by atoms with E-state index < -0.39 is 0 Å². The SMILES string of the molecule is CN1CCC(N(C)C(=O)Cc2ccc(OC(C)(C)C)cc2)CC1. The third-order valence-corrected chi connectivity index (χ3v) is 4.33. The van der Waals surface area contributed by atoms with Gasteiger partial charge >= 0.3 is 0 Å². The van der Waals surface area contributed by atoms with Gasteiger partial charge in [-0.25, -0.2) is 0 Å². The van der Waals surface area contributed by atoms with Gasteiger partial charge in [-0.1, -0.05) is 12.1 Å². The maximum Gasteiger partial charge on any atom is 0.226 e. The molecular formula is C19H30N2O2. The van der Waals surface area contributed by atoms with E-state index >= 15 is 0 Å². The van der Waals surface area contributed by atoms with Crippen molar-refractivity contribution in [2.75, 3.05) is 27.2 Å². The minimum absolute atomic E-state index is 0.198. The summed E-state index contributed by atoms with van der Waals surface area (Å²) in [5.74, 6) is 1.04. The highest BCUT2D eigenvalue weighted by molar-refractivity contribution is 5.78. The van der Waals surface area contributed by atoms with E-state index in [1.165, 1.54) is 0 Å². The highest BCUT2D eigenvalue weighted by atomic mass is 16.5. The largest absolute Gasteiger partial charge is 0.488 e. The van der Waals surface area contributed by atoms with Gasteiger partial charge in [-0.3, -0.25) is 4.79 Å². The second-order valence-electron chi connectivity index (χ2n) is 7.57. The second kappa shape index (κ2) is 7.35. The average Bonchev–Trinajstić information content (AvgIpc) is 2.48. The van der Waals surface area contributed by atoms with Crippen molar-refractivity contribution in [3.8, 4) is 5.75 Å². The lowest BCUT2D eigenvalue weighted by molar-refractivity contribution is -0.132. The summed E-state index contributed by atoms with van der Waals surface area (Å²) in [4.78, 5) is 16.7. The van der Waals surface area contributed by atoms with Crippen LogP contribution in [0.3, 0.4) is 0 Å². The number of hydrogen-bond donors (Lipinski definition) is 0. The predicted octanol–water partition coefficient (Wildman–Crippen LogP) is 2.96. The van der Waals surface area contributed by atoms with Gasteiger partial charge in [0.05, 0.1) is 6.42 Å². The molecule has 23 heavy (non-hydrogen) atoms. The first-order valence-electron chi connectivity index (χ1n) is 8.47. The smallest absolute Gasteiger partial charge is 0.226 e. The Bertz CT molecular complexity index is 511. The van der Waals surface area contributed by atoms with E-state index in [4.69, 9.17) is 4.74 Å². The van der Waals surface area contributed by atoms with E-state index in [2.05, 4.69) is 11.9 Å². The Balaban J connectivity index is 1.89. The number of rotatable bonds is 4. The molecule has 0 atom stereocenters. The predicted molar refractivity (Wildman–Crippen MR) is 93.8 cm³/mol. The van der Waals surface area contributed by atoms with E-state index in [-0.39, 0.29) is 11.5 Å². The lowest BCUT2D eigenvalue weighted by atomic mass is 10.0. The highest BCUT2D eigenvalue weighted by Gasteiger charge is 2.23. The zero-order valence-corrected chi connectivity index (χ0v) is 15.1. The van der Waals surface area contributed by atoms with Crippen LogP contribution in [0.4, 0.5) is 0 Å². The molecule has 2 rings (SSSR count). The number of ether oxygens (including phenoxy) is 1. The quantitative estimate of drug-likeness (QED) is 0.855. The first-order valence-corrected chi connectivity index (χ1v) is 8.47. The van der Waals surface area contributed by atoms with Crippen molar-refractivity contribution in [3.63, 3.8) is 0 Å². The number of piperidine rings is 1. The van der Waals surface area contributed by atoms with Gasteiger partial charge in [-0.05, 0) is 71.4 Å². The molecule has 0 aromatic heterocycles. The van der Waals surface area contributed by atoms with Gasteiger partial charge in [0.1, 0.15) is 11.4 Å². The molecule has 0 bridgehead atoms. The minimum atomic E-state index is -0.203. The number of nitrogens with zero attached hydrogens (tertiary/aromatic N) is 2. The topological polar surface area (TPSA) is 32.8 Å². The molecule has 1 aliphatic heterocycles. The maximum atomic E-state index is 12.5. The number of benzene rings is 1. The standard InChI is InChI=1S/C19H30N2O2/c1-19(2,3)23-17-8-6-15(7-9-17)14-18(22)21(5)16-10-12-20(4)13-11-16/h6-9,16H,10-14H2,1-5H3. The highest BCUT2D eigenvalue weighted by Crippen LogP contribution is 2.20. The number of likely N-dealkylation sites (N-methyl/N-ethyl adjacent to an activating group) is 1. The van der Waals surface area contributed by atoms with Gasteiger partial charge in [-0.2, -0.15) is 0 Å². The van der Waals surface area contributed by atoms with Crippen LogP contribution in [-0.2, 0) is 11.2 Å². The molecule has 1 saturated heterocycles. The van der Waals surface area contributed by atoms with Crippen molar-refractivity contribution in [1.82, 2.24) is 9.80 Å². The molecule has 0 aliphatic carbocycles. The summed E-state index contributed by atoms with van der Waals surface area (Å²) < 4.78 is 5.81. The molecular weight excluding hydrogens is 288 g/mol. The fourth-order valence-corrected chi connectivity index (χ4v) is 2.91. The Morgan fingerprint density at radius 1 is 1.22 bits per heavy atom. The summed E-state index contributed by atoms with van der Waals surface area (Å²) in [6.07, 6.45) is 2.59. The van der Waals surface area contributed by atoms with Crippen molar-refractivity contribution in [2.24, 2.45) is 0 Å². The molecule has 0 radical (unpaired) electrons. The van der Waals surface area contributed by atoms with Crippen molar-refractivity contribution in [1.29, 1.82) is 0 Å². The van der Waals surface area contributed by atoms with E-state index in [0.29, 0.717) is 12.5 Å². The molecule has 0 saturated carbocycles. The zero-order valence-electron chi connectivity index (χ0n) is 15.1. The third-order valence-electron chi connectivity index (χ3n) is 4.33. The molecule has 4 nitrogen and oxygen atoms in total. The molecule has 0 unspecified atom stereocenters. The van der Waals surface area contributed by atoms with Crippen molar-refractivity contribution < 1.29 is 9.53 Å². The number of likely N-dealkylation sites (tertiary alicyclic amines) is 1. The van der Waals surface area contributed by atoms with Crippen LogP contribution in [0.5, 0.6) is 5.75 Å². The van der Waals surface area contributed by atoms with Crippen LogP contribution in [0.25, 0.3) is 0 Å². The summed E-state index contributed by atoms with van der Waals surface area (Å²) in [5.41, 5.74) is 0.835. The molecule has 1 aromatic rings. The lowest BCUT2D eigenvalue weighted by Crippen LogP contribution is -2.44. The monoisotopic (exact) mass is 318 g/mol. The van der Waals surface area contributed by atoms with Crippen molar-refractivity contribution in [3.05, 3.63) is 29.8 Å². The lowest BCUT2D eigenvalue weighted by Gasteiger charge is -2.35. The Morgan fingerprint density at radius 2 is 1.78 bits per heavy atom. The zero-order chi connectivity index (χ0) is 17.0. The summed E-state index contributed by atoms with van der Waals surface area (Å²) in [6.45, 7) is 8.23. The first-order chi connectivity index (χ1) is 10.7. The molecule has 1 fully saturated rings. The summed E-state index contributed by atoms with van der Waals surface area (Å²) in [6, 6.07) is 8.25. The molecule has 128 valence electrons. The summed E-state index contributed by atoms with van der Waals surface area (Å²) >= 11 is 0. The van der Waals surface area contributed by atoms with E-state index in [0.717, 1.165) is 37.2 Å². The Morgan fingerprint density at radius 3 is 2.30 bits per heavy atom. The van der Waals surface area contributed by atoms with Gasteiger partial charge < -0.3 is 14.5 Å². The first kappa shape index (κ1) is 17.8. The van der Waals surface area contributed by atoms with Crippen molar-refractivity contribution in [2.45, 2.75) is 51.7 Å². The van der Waals surface area contributed by atoms with Crippen LogP contribution in [-0.4, -0.2) is 54.5 Å². The second-order valence-corrected chi connectivity index (χ2v) is 7.57.